The van der Waals surface area contributed by atoms with Crippen molar-refractivity contribution >= 4 is 11.6 Å². The Balaban J connectivity index is 2.49. The van der Waals surface area contributed by atoms with Gasteiger partial charge in [-0.25, -0.2) is 15.0 Å². The van der Waals surface area contributed by atoms with Gasteiger partial charge in [0, 0.05) is 18.1 Å². The molecule has 4 nitrogen and oxygen atoms in total. The van der Waals surface area contributed by atoms with Crippen LogP contribution in [0.1, 0.15) is 11.4 Å². The monoisotopic (exact) mass is 220 g/mol. The summed E-state index contributed by atoms with van der Waals surface area (Å²) >= 11 is 5.73. The van der Waals surface area contributed by atoms with Crippen LogP contribution in [0, 0.1) is 6.92 Å². The first-order valence-corrected chi connectivity index (χ1v) is 5.00. The summed E-state index contributed by atoms with van der Waals surface area (Å²) in [7, 11) is 0. The first kappa shape index (κ1) is 9.98. The third-order valence-corrected chi connectivity index (χ3v) is 2.11. The average Bonchev–Trinajstić information content (AvgIpc) is 2.29. The zero-order valence-corrected chi connectivity index (χ0v) is 8.94. The van der Waals surface area contributed by atoms with E-state index < -0.39 is 0 Å². The van der Waals surface area contributed by atoms with Crippen molar-refractivity contribution in [3.05, 3.63) is 36.0 Å². The molecule has 0 unspecified atom stereocenters. The molecule has 0 radical (unpaired) electrons. The number of aryl methyl sites for hydroxylation is 1. The molecule has 0 atom stereocenters. The van der Waals surface area contributed by atoms with E-state index in [0.29, 0.717) is 17.4 Å². The molecule has 0 aliphatic carbocycles. The quantitative estimate of drug-likeness (QED) is 0.727. The number of aromatic nitrogens is 4. The molecule has 0 fully saturated rings. The summed E-state index contributed by atoms with van der Waals surface area (Å²) in [6.45, 7) is 1.90. The number of rotatable bonds is 2. The normalized spacial score (nSPS) is 10.3. The standard InChI is InChI=1S/C10H9ClN4/c1-7-4-8(5-11)15-10(14-7)9-6-12-2-3-13-9/h2-4,6H,5H2,1H3. The average molecular weight is 221 g/mol. The predicted octanol–water partition coefficient (Wildman–Crippen LogP) is 1.98. The molecule has 0 aromatic carbocycles. The lowest BCUT2D eigenvalue weighted by Crippen LogP contribution is -1.97. The van der Waals surface area contributed by atoms with Gasteiger partial charge < -0.3 is 0 Å². The number of alkyl halides is 1. The van der Waals surface area contributed by atoms with Crippen LogP contribution in [0.5, 0.6) is 0 Å². The molecule has 0 N–H and O–H groups in total. The molecule has 0 spiro atoms. The van der Waals surface area contributed by atoms with Crippen molar-refractivity contribution in [2.75, 3.05) is 0 Å². The molecule has 5 heteroatoms. The van der Waals surface area contributed by atoms with Gasteiger partial charge in [-0.2, -0.15) is 0 Å². The Morgan fingerprint density at radius 1 is 1.27 bits per heavy atom. The van der Waals surface area contributed by atoms with Gasteiger partial charge in [0.05, 0.1) is 17.8 Å². The molecule has 0 amide bonds. The molecule has 76 valence electrons. The summed E-state index contributed by atoms with van der Waals surface area (Å²) in [6, 6.07) is 1.85. The third-order valence-electron chi connectivity index (χ3n) is 1.84. The molecule has 0 aliphatic rings. The van der Waals surface area contributed by atoms with Crippen molar-refractivity contribution in [1.82, 2.24) is 19.9 Å². The summed E-state index contributed by atoms with van der Waals surface area (Å²) in [6.07, 6.45) is 4.86. The van der Waals surface area contributed by atoms with Crippen molar-refractivity contribution in [3.63, 3.8) is 0 Å². The van der Waals surface area contributed by atoms with Gasteiger partial charge in [0.2, 0.25) is 0 Å². The number of hydrogen-bond donors (Lipinski definition) is 0. The Bertz CT molecular complexity index is 458. The number of nitrogens with zero attached hydrogens (tertiary/aromatic N) is 4. The lowest BCUT2D eigenvalue weighted by atomic mass is 10.3. The zero-order chi connectivity index (χ0) is 10.7. The Kier molecular flexibility index (Phi) is 2.87. The summed E-state index contributed by atoms with van der Waals surface area (Å²) in [5, 5.41) is 0. The van der Waals surface area contributed by atoms with Crippen molar-refractivity contribution in [1.29, 1.82) is 0 Å². The van der Waals surface area contributed by atoms with Crippen LogP contribution in [0.4, 0.5) is 0 Å². The molecule has 2 aromatic heterocycles. The van der Waals surface area contributed by atoms with Crippen LogP contribution in [0.25, 0.3) is 11.5 Å². The highest BCUT2D eigenvalue weighted by atomic mass is 35.5. The zero-order valence-electron chi connectivity index (χ0n) is 8.18. The van der Waals surface area contributed by atoms with Crippen LogP contribution in [-0.2, 0) is 5.88 Å². The van der Waals surface area contributed by atoms with Gasteiger partial charge in [0.25, 0.3) is 0 Å². The van der Waals surface area contributed by atoms with E-state index in [1.54, 1.807) is 18.6 Å². The fourth-order valence-electron chi connectivity index (χ4n) is 1.23. The topological polar surface area (TPSA) is 51.6 Å². The Morgan fingerprint density at radius 2 is 2.13 bits per heavy atom. The Morgan fingerprint density at radius 3 is 2.80 bits per heavy atom. The molecule has 2 rings (SSSR count). The first-order valence-electron chi connectivity index (χ1n) is 4.46. The molecule has 0 bridgehead atoms. The molecule has 0 aliphatic heterocycles. The number of hydrogen-bond acceptors (Lipinski definition) is 4. The summed E-state index contributed by atoms with van der Waals surface area (Å²) in [4.78, 5) is 16.7. The second-order valence-corrected chi connectivity index (χ2v) is 3.32. The fraction of sp³-hybridized carbons (Fsp3) is 0.200. The third kappa shape index (κ3) is 2.27. The Hall–Kier alpha value is -1.55. The minimum Gasteiger partial charge on any atom is -0.261 e. The van der Waals surface area contributed by atoms with E-state index in [0.717, 1.165) is 11.4 Å². The van der Waals surface area contributed by atoms with E-state index in [4.69, 9.17) is 11.6 Å². The molecular formula is C10H9ClN4. The lowest BCUT2D eigenvalue weighted by Gasteiger charge is -2.02. The van der Waals surface area contributed by atoms with Gasteiger partial charge in [-0.3, -0.25) is 4.98 Å². The van der Waals surface area contributed by atoms with Crippen molar-refractivity contribution in [3.8, 4) is 11.5 Å². The minimum atomic E-state index is 0.372. The SMILES string of the molecule is Cc1cc(CCl)nc(-c2cnccn2)n1. The van der Waals surface area contributed by atoms with E-state index >= 15 is 0 Å². The molecule has 0 saturated heterocycles. The van der Waals surface area contributed by atoms with Gasteiger partial charge in [-0.15, -0.1) is 11.6 Å². The largest absolute Gasteiger partial charge is 0.261 e. The molecule has 2 heterocycles. The van der Waals surface area contributed by atoms with Crippen LogP contribution in [0.15, 0.2) is 24.7 Å². The maximum absolute atomic E-state index is 5.73. The van der Waals surface area contributed by atoms with Crippen molar-refractivity contribution in [2.45, 2.75) is 12.8 Å². The first-order chi connectivity index (χ1) is 7.29. The lowest BCUT2D eigenvalue weighted by molar-refractivity contribution is 1.03. The van der Waals surface area contributed by atoms with Crippen LogP contribution in [-0.4, -0.2) is 19.9 Å². The highest BCUT2D eigenvalue weighted by Gasteiger charge is 2.05. The van der Waals surface area contributed by atoms with Gasteiger partial charge >= 0.3 is 0 Å². The van der Waals surface area contributed by atoms with E-state index in [2.05, 4.69) is 19.9 Å². The minimum absolute atomic E-state index is 0.372. The molecule has 2 aromatic rings. The van der Waals surface area contributed by atoms with Gasteiger partial charge in [-0.1, -0.05) is 0 Å². The van der Waals surface area contributed by atoms with Gasteiger partial charge in [-0.05, 0) is 13.0 Å². The van der Waals surface area contributed by atoms with Crippen LogP contribution in [0.3, 0.4) is 0 Å². The smallest absolute Gasteiger partial charge is 0.180 e. The highest BCUT2D eigenvalue weighted by molar-refractivity contribution is 6.16. The summed E-state index contributed by atoms with van der Waals surface area (Å²) in [5.74, 6) is 0.940. The second kappa shape index (κ2) is 4.31. The summed E-state index contributed by atoms with van der Waals surface area (Å²) < 4.78 is 0. The van der Waals surface area contributed by atoms with Crippen LogP contribution < -0.4 is 0 Å². The Labute approximate surface area is 92.4 Å². The van der Waals surface area contributed by atoms with Gasteiger partial charge in [0.15, 0.2) is 5.82 Å². The molecule has 15 heavy (non-hydrogen) atoms. The maximum Gasteiger partial charge on any atom is 0.180 e. The van der Waals surface area contributed by atoms with Gasteiger partial charge in [0.1, 0.15) is 5.69 Å². The summed E-state index contributed by atoms with van der Waals surface area (Å²) in [5.41, 5.74) is 2.33. The van der Waals surface area contributed by atoms with Crippen molar-refractivity contribution < 1.29 is 0 Å². The van der Waals surface area contributed by atoms with Crippen LogP contribution in [0.2, 0.25) is 0 Å². The second-order valence-electron chi connectivity index (χ2n) is 3.05. The van der Waals surface area contributed by atoms with Crippen molar-refractivity contribution in [2.24, 2.45) is 0 Å². The predicted molar refractivity (Wildman–Crippen MR) is 57.4 cm³/mol. The van der Waals surface area contributed by atoms with E-state index in [9.17, 15) is 0 Å². The van der Waals surface area contributed by atoms with E-state index in [-0.39, 0.29) is 0 Å². The number of halogens is 1. The molecular weight excluding hydrogens is 212 g/mol. The van der Waals surface area contributed by atoms with E-state index in [1.165, 1.54) is 0 Å². The highest BCUT2D eigenvalue weighted by Crippen LogP contribution is 2.12. The fourth-order valence-corrected chi connectivity index (χ4v) is 1.37. The molecule has 0 saturated carbocycles. The van der Waals surface area contributed by atoms with E-state index in [1.807, 2.05) is 13.0 Å². The van der Waals surface area contributed by atoms with Crippen LogP contribution >= 0.6 is 11.6 Å². The maximum atomic E-state index is 5.73.